The molecule has 0 heterocycles. The maximum Gasteiger partial charge on any atom is 0.336 e. The summed E-state index contributed by atoms with van der Waals surface area (Å²) in [4.78, 5) is 49.0. The zero-order chi connectivity index (χ0) is 31.1. The Labute approximate surface area is 254 Å². The maximum absolute atomic E-state index is 12.6. The molecule has 0 unspecified atom stereocenters. The second-order valence-electron chi connectivity index (χ2n) is 9.17. The monoisotopic (exact) mass is 587 g/mol. The summed E-state index contributed by atoms with van der Waals surface area (Å²) in [7, 11) is 0. The van der Waals surface area contributed by atoms with Crippen molar-refractivity contribution in [2.24, 2.45) is 5.10 Å². The molecule has 44 heavy (non-hydrogen) atoms. The van der Waals surface area contributed by atoms with Crippen LogP contribution in [0.25, 0.3) is 12.2 Å². The molecule has 4 aromatic rings. The number of para-hydroxylation sites is 2. The molecule has 0 aromatic heterocycles. The predicted molar refractivity (Wildman–Crippen MR) is 169 cm³/mol. The van der Waals surface area contributed by atoms with Gasteiger partial charge in [0.05, 0.1) is 6.21 Å². The van der Waals surface area contributed by atoms with Gasteiger partial charge in [-0.15, -0.1) is 0 Å². The molecule has 0 fully saturated rings. The molecule has 0 radical (unpaired) electrons. The summed E-state index contributed by atoms with van der Waals surface area (Å²) in [6.07, 6.45) is 7.39. The molecule has 220 valence electrons. The molecule has 4 aromatic carbocycles. The average Bonchev–Trinajstić information content (AvgIpc) is 3.05. The number of hydrogen-bond acceptors (Lipinski definition) is 7. The number of amides is 2. The third kappa shape index (κ3) is 9.49. The van der Waals surface area contributed by atoms with E-state index < -0.39 is 17.8 Å². The zero-order valence-electron chi connectivity index (χ0n) is 23.8. The third-order valence-electron chi connectivity index (χ3n) is 5.99. The second kappa shape index (κ2) is 15.8. The predicted octanol–water partition coefficient (Wildman–Crippen LogP) is 6.04. The van der Waals surface area contributed by atoms with Crippen molar-refractivity contribution in [3.05, 3.63) is 138 Å². The molecular weight excluding hydrogens is 558 g/mol. The molecule has 0 atom stereocenters. The number of carbonyl (C=O) groups excluding carboxylic acids is 4. The molecule has 0 bridgehead atoms. The highest BCUT2D eigenvalue weighted by Gasteiger charge is 2.09. The number of hydrogen-bond donors (Lipinski definition) is 2. The van der Waals surface area contributed by atoms with E-state index in [1.807, 2.05) is 30.3 Å². The fourth-order valence-corrected chi connectivity index (χ4v) is 3.74. The van der Waals surface area contributed by atoms with Gasteiger partial charge in [0, 0.05) is 41.0 Å². The van der Waals surface area contributed by atoms with E-state index in [0.29, 0.717) is 28.8 Å². The Morgan fingerprint density at radius 2 is 1.25 bits per heavy atom. The number of esters is 2. The summed E-state index contributed by atoms with van der Waals surface area (Å²) < 4.78 is 10.9. The Bertz CT molecular complexity index is 1710. The van der Waals surface area contributed by atoms with Crippen molar-refractivity contribution in [1.29, 1.82) is 0 Å². The van der Waals surface area contributed by atoms with Crippen molar-refractivity contribution in [3.63, 3.8) is 0 Å². The van der Waals surface area contributed by atoms with Crippen molar-refractivity contribution in [3.8, 4) is 11.5 Å². The van der Waals surface area contributed by atoms with Crippen molar-refractivity contribution in [2.45, 2.75) is 13.3 Å². The first kappa shape index (κ1) is 30.9. The summed E-state index contributed by atoms with van der Waals surface area (Å²) in [6.45, 7) is 1.75. The average molecular weight is 588 g/mol. The first-order valence-corrected chi connectivity index (χ1v) is 13.7. The summed E-state index contributed by atoms with van der Waals surface area (Å²) in [5.41, 5.74) is 5.17. The van der Waals surface area contributed by atoms with Crippen LogP contribution in [0.2, 0.25) is 0 Å². The highest BCUT2D eigenvalue weighted by Crippen LogP contribution is 2.21. The summed E-state index contributed by atoms with van der Waals surface area (Å²) in [5.74, 6) is -1.31. The van der Waals surface area contributed by atoms with Gasteiger partial charge in [-0.05, 0) is 60.2 Å². The van der Waals surface area contributed by atoms with Gasteiger partial charge in [0.15, 0.2) is 0 Å². The van der Waals surface area contributed by atoms with E-state index >= 15 is 0 Å². The van der Waals surface area contributed by atoms with Crippen molar-refractivity contribution >= 4 is 47.8 Å². The van der Waals surface area contributed by atoms with Gasteiger partial charge < -0.3 is 14.8 Å². The molecule has 0 saturated carbocycles. The number of ether oxygens (including phenoxy) is 2. The van der Waals surface area contributed by atoms with E-state index in [4.69, 9.17) is 9.47 Å². The van der Waals surface area contributed by atoms with Gasteiger partial charge in [-0.3, -0.25) is 9.59 Å². The highest BCUT2D eigenvalue weighted by atomic mass is 16.5. The molecule has 0 aliphatic heterocycles. The Balaban J connectivity index is 1.35. The van der Waals surface area contributed by atoms with Gasteiger partial charge in [-0.1, -0.05) is 67.6 Å². The van der Waals surface area contributed by atoms with E-state index in [1.54, 1.807) is 85.8 Å². The van der Waals surface area contributed by atoms with E-state index in [9.17, 15) is 19.2 Å². The molecule has 9 heteroatoms. The Kier molecular flexibility index (Phi) is 11.1. The molecule has 0 aliphatic carbocycles. The molecule has 0 aliphatic rings. The quantitative estimate of drug-likeness (QED) is 0.0726. The molecule has 2 N–H and O–H groups in total. The summed E-state index contributed by atoms with van der Waals surface area (Å²) >= 11 is 0. The number of benzene rings is 4. The van der Waals surface area contributed by atoms with Crippen LogP contribution < -0.4 is 20.2 Å². The fourth-order valence-electron chi connectivity index (χ4n) is 3.74. The lowest BCUT2D eigenvalue weighted by molar-refractivity contribution is -0.129. The van der Waals surface area contributed by atoms with Crippen LogP contribution in [0.5, 0.6) is 11.5 Å². The molecular formula is C35H29N3O6. The minimum absolute atomic E-state index is 0.125. The van der Waals surface area contributed by atoms with Crippen LogP contribution in [0.1, 0.15) is 40.4 Å². The van der Waals surface area contributed by atoms with Gasteiger partial charge >= 0.3 is 11.9 Å². The van der Waals surface area contributed by atoms with Crippen LogP contribution in [0.4, 0.5) is 5.69 Å². The Morgan fingerprint density at radius 1 is 0.682 bits per heavy atom. The zero-order valence-corrected chi connectivity index (χ0v) is 23.8. The largest absolute Gasteiger partial charge is 0.423 e. The first-order chi connectivity index (χ1) is 21.4. The van der Waals surface area contributed by atoms with Crippen LogP contribution in [0.3, 0.4) is 0 Å². The normalized spacial score (nSPS) is 11.0. The van der Waals surface area contributed by atoms with E-state index in [1.165, 1.54) is 24.4 Å². The van der Waals surface area contributed by atoms with Crippen LogP contribution in [-0.2, 0) is 14.4 Å². The van der Waals surface area contributed by atoms with Crippen LogP contribution >= 0.6 is 0 Å². The second-order valence-corrected chi connectivity index (χ2v) is 9.17. The van der Waals surface area contributed by atoms with Crippen molar-refractivity contribution < 1.29 is 28.7 Å². The number of nitrogens with one attached hydrogen (secondary N) is 2. The number of hydrazone groups is 1. The van der Waals surface area contributed by atoms with Crippen molar-refractivity contribution in [1.82, 2.24) is 5.43 Å². The van der Waals surface area contributed by atoms with E-state index in [0.717, 1.165) is 5.56 Å². The molecule has 0 spiro atoms. The lowest BCUT2D eigenvalue weighted by atomic mass is 10.2. The lowest BCUT2D eigenvalue weighted by Gasteiger charge is -2.07. The summed E-state index contributed by atoms with van der Waals surface area (Å²) in [5, 5.41) is 6.69. The van der Waals surface area contributed by atoms with Crippen molar-refractivity contribution in [2.75, 3.05) is 5.32 Å². The SMILES string of the molecule is CCC(=O)Nc1ccc(C(=O)N/N=C/c2ccccc2OC(=O)/C=C/c2ccccc2OC(=O)/C=C/c2ccccc2)cc1. The van der Waals surface area contributed by atoms with E-state index in [2.05, 4.69) is 15.8 Å². The minimum atomic E-state index is -0.671. The Hall–Kier alpha value is -6.09. The number of rotatable bonds is 11. The van der Waals surface area contributed by atoms with E-state index in [-0.39, 0.29) is 17.4 Å². The molecule has 4 rings (SSSR count). The minimum Gasteiger partial charge on any atom is -0.423 e. The molecule has 9 nitrogen and oxygen atoms in total. The summed E-state index contributed by atoms with van der Waals surface area (Å²) in [6, 6.07) is 29.2. The van der Waals surface area contributed by atoms with Gasteiger partial charge in [0.2, 0.25) is 5.91 Å². The topological polar surface area (TPSA) is 123 Å². The van der Waals surface area contributed by atoms with Crippen LogP contribution in [-0.4, -0.2) is 30.0 Å². The standard InChI is InChI=1S/C35H29N3O6/c1-2-32(39)37-29-20-17-27(18-21-29)35(42)38-36-24-28-13-7-9-15-31(28)44-34(41)23-19-26-12-6-8-14-30(26)43-33(40)22-16-25-10-4-3-5-11-25/h3-24H,2H2,1H3,(H,37,39)(H,38,42)/b22-16+,23-19+,36-24+. The lowest BCUT2D eigenvalue weighted by Crippen LogP contribution is -2.18. The first-order valence-electron chi connectivity index (χ1n) is 13.7. The maximum atomic E-state index is 12.6. The van der Waals surface area contributed by atoms with Gasteiger partial charge in [-0.25, -0.2) is 15.0 Å². The fraction of sp³-hybridized carbons (Fsp3) is 0.0571. The number of carbonyl (C=O) groups is 4. The molecule has 2 amide bonds. The highest BCUT2D eigenvalue weighted by molar-refractivity contribution is 5.97. The van der Waals surface area contributed by atoms with Gasteiger partial charge in [0.1, 0.15) is 11.5 Å². The smallest absolute Gasteiger partial charge is 0.336 e. The third-order valence-corrected chi connectivity index (χ3v) is 5.99. The number of nitrogens with zero attached hydrogens (tertiary/aromatic N) is 1. The van der Waals surface area contributed by atoms with Crippen LogP contribution in [0, 0.1) is 0 Å². The van der Waals surface area contributed by atoms with Gasteiger partial charge in [-0.2, -0.15) is 5.10 Å². The number of anilines is 1. The van der Waals surface area contributed by atoms with Crippen LogP contribution in [0.15, 0.2) is 120 Å². The Morgan fingerprint density at radius 3 is 1.91 bits per heavy atom. The van der Waals surface area contributed by atoms with Gasteiger partial charge in [0.25, 0.3) is 5.91 Å². The molecule has 0 saturated heterocycles.